The molecule has 7 nitrogen and oxygen atoms in total. The first-order valence-corrected chi connectivity index (χ1v) is 9.31. The quantitative estimate of drug-likeness (QED) is 0.860. The molecule has 0 aliphatic carbocycles. The molecule has 26 heavy (non-hydrogen) atoms. The fourth-order valence-corrected chi connectivity index (χ4v) is 3.73. The molecule has 2 aromatic rings. The highest BCUT2D eigenvalue weighted by Crippen LogP contribution is 2.34. The molecule has 0 bridgehead atoms. The molecule has 1 aromatic carbocycles. The number of hydrogen-bond donors (Lipinski definition) is 1. The third-order valence-corrected chi connectivity index (χ3v) is 5.72. The van der Waals surface area contributed by atoms with E-state index in [9.17, 15) is 4.79 Å². The number of piperazine rings is 1. The van der Waals surface area contributed by atoms with E-state index in [0.717, 1.165) is 25.3 Å². The summed E-state index contributed by atoms with van der Waals surface area (Å²) in [4.78, 5) is 21.2. The van der Waals surface area contributed by atoms with E-state index in [1.807, 2.05) is 7.05 Å². The van der Waals surface area contributed by atoms with Crippen molar-refractivity contribution < 1.29 is 9.32 Å². The van der Waals surface area contributed by atoms with E-state index in [-0.39, 0.29) is 11.9 Å². The largest absolute Gasteiger partial charge is 0.338 e. The second-order valence-electron chi connectivity index (χ2n) is 6.62. The zero-order valence-electron chi connectivity index (χ0n) is 14.3. The summed E-state index contributed by atoms with van der Waals surface area (Å²) in [6.07, 6.45) is 0.624. The average Bonchev–Trinajstić information content (AvgIpc) is 3.24. The van der Waals surface area contributed by atoms with Crippen LogP contribution in [0.3, 0.4) is 0 Å². The summed E-state index contributed by atoms with van der Waals surface area (Å²) in [6.45, 7) is 3.20. The van der Waals surface area contributed by atoms with Gasteiger partial charge in [-0.05, 0) is 31.7 Å². The number of hydrogen-bond acceptors (Lipinski definition) is 6. The molecule has 4 rings (SSSR count). The predicted octanol–water partition coefficient (Wildman–Crippen LogP) is 2.47. The molecule has 0 spiro atoms. The summed E-state index contributed by atoms with van der Waals surface area (Å²) in [5.74, 6) is 0.517. The number of rotatable bonds is 3. The topological polar surface area (TPSA) is 74.5 Å². The van der Waals surface area contributed by atoms with Gasteiger partial charge in [-0.2, -0.15) is 4.98 Å². The van der Waals surface area contributed by atoms with Crippen molar-refractivity contribution in [3.63, 3.8) is 0 Å². The van der Waals surface area contributed by atoms with Gasteiger partial charge >= 0.3 is 0 Å². The molecule has 1 amide bonds. The highest BCUT2D eigenvalue weighted by Gasteiger charge is 2.38. The Bertz CT molecular complexity index is 827. The molecule has 2 saturated heterocycles. The zero-order chi connectivity index (χ0) is 18.3. The number of amides is 1. The van der Waals surface area contributed by atoms with Crippen LogP contribution in [0.4, 0.5) is 5.69 Å². The van der Waals surface area contributed by atoms with E-state index in [4.69, 9.17) is 27.7 Å². The van der Waals surface area contributed by atoms with Crippen LogP contribution in [0.2, 0.25) is 10.0 Å². The lowest BCUT2D eigenvalue weighted by atomic mass is 10.1. The average molecular weight is 396 g/mol. The molecule has 2 unspecified atom stereocenters. The van der Waals surface area contributed by atoms with Crippen LogP contribution < -0.4 is 10.2 Å². The van der Waals surface area contributed by atoms with Crippen molar-refractivity contribution in [1.29, 1.82) is 0 Å². The van der Waals surface area contributed by atoms with Crippen molar-refractivity contribution in [3.8, 4) is 0 Å². The molecule has 9 heteroatoms. The van der Waals surface area contributed by atoms with Crippen molar-refractivity contribution in [3.05, 3.63) is 40.0 Å². The van der Waals surface area contributed by atoms with Crippen molar-refractivity contribution >= 4 is 34.8 Å². The van der Waals surface area contributed by atoms with Gasteiger partial charge in [0.2, 0.25) is 11.8 Å². The standard InChI is InChI=1S/C17H19Cl2N5O2/c1-23-7-5-20-9-14(23)15-21-16(26-22-15)11-4-6-24(17(11)25)10-2-3-12(18)13(19)8-10/h2-3,8,11,14,20H,4-7,9H2,1H3. The van der Waals surface area contributed by atoms with Crippen LogP contribution in [-0.2, 0) is 4.79 Å². The van der Waals surface area contributed by atoms with Gasteiger partial charge in [0.1, 0.15) is 5.92 Å². The molecule has 2 aliphatic heterocycles. The number of anilines is 1. The molecule has 0 saturated carbocycles. The minimum Gasteiger partial charge on any atom is -0.338 e. The molecular formula is C17H19Cl2N5O2. The van der Waals surface area contributed by atoms with Gasteiger partial charge in [-0.3, -0.25) is 9.69 Å². The van der Waals surface area contributed by atoms with Gasteiger partial charge in [0, 0.05) is 31.9 Å². The highest BCUT2D eigenvalue weighted by molar-refractivity contribution is 6.42. The van der Waals surface area contributed by atoms with E-state index in [0.29, 0.717) is 34.7 Å². The first-order chi connectivity index (χ1) is 12.5. The fraction of sp³-hybridized carbons (Fsp3) is 0.471. The van der Waals surface area contributed by atoms with Crippen molar-refractivity contribution in [1.82, 2.24) is 20.4 Å². The van der Waals surface area contributed by atoms with Gasteiger partial charge in [0.25, 0.3) is 0 Å². The molecular weight excluding hydrogens is 377 g/mol. The Morgan fingerprint density at radius 2 is 2.12 bits per heavy atom. The Kier molecular flexibility index (Phi) is 4.88. The normalized spacial score (nSPS) is 24.4. The lowest BCUT2D eigenvalue weighted by Crippen LogP contribution is -2.44. The Hall–Kier alpha value is -1.67. The summed E-state index contributed by atoms with van der Waals surface area (Å²) < 4.78 is 5.44. The second kappa shape index (κ2) is 7.15. The third-order valence-electron chi connectivity index (χ3n) is 4.98. The zero-order valence-corrected chi connectivity index (χ0v) is 15.8. The van der Waals surface area contributed by atoms with Gasteiger partial charge in [-0.15, -0.1) is 0 Å². The number of carbonyl (C=O) groups excluding carboxylic acids is 1. The van der Waals surface area contributed by atoms with Crippen molar-refractivity contribution in [2.45, 2.75) is 18.4 Å². The summed E-state index contributed by atoms with van der Waals surface area (Å²) in [6, 6.07) is 5.24. The molecule has 138 valence electrons. The third kappa shape index (κ3) is 3.20. The number of carbonyl (C=O) groups is 1. The second-order valence-corrected chi connectivity index (χ2v) is 7.44. The number of halogens is 2. The number of nitrogens with zero attached hydrogens (tertiary/aromatic N) is 4. The maximum Gasteiger partial charge on any atom is 0.239 e. The Labute approximate surface area is 161 Å². The van der Waals surface area contributed by atoms with Gasteiger partial charge in [0.05, 0.1) is 16.1 Å². The van der Waals surface area contributed by atoms with Crippen LogP contribution in [0.25, 0.3) is 0 Å². The lowest BCUT2D eigenvalue weighted by Gasteiger charge is -2.30. The highest BCUT2D eigenvalue weighted by atomic mass is 35.5. The van der Waals surface area contributed by atoms with Gasteiger partial charge in [0.15, 0.2) is 5.82 Å². The van der Waals surface area contributed by atoms with Crippen LogP contribution in [0, 0.1) is 0 Å². The SMILES string of the molecule is CN1CCNCC1c1noc(C2CCN(c3ccc(Cl)c(Cl)c3)C2=O)n1. The van der Waals surface area contributed by atoms with Crippen molar-refractivity contribution in [2.75, 3.05) is 38.1 Å². The first-order valence-electron chi connectivity index (χ1n) is 8.55. The lowest BCUT2D eigenvalue weighted by molar-refractivity contribution is -0.118. The number of aromatic nitrogens is 2. The maximum atomic E-state index is 12.9. The Morgan fingerprint density at radius 1 is 1.27 bits per heavy atom. The van der Waals surface area contributed by atoms with Crippen LogP contribution >= 0.6 is 23.2 Å². The Balaban J connectivity index is 1.52. The fourth-order valence-electron chi connectivity index (χ4n) is 3.44. The van der Waals surface area contributed by atoms with Gasteiger partial charge in [-0.25, -0.2) is 0 Å². The van der Waals surface area contributed by atoms with E-state index in [1.165, 1.54) is 0 Å². The van der Waals surface area contributed by atoms with Crippen LogP contribution in [0.5, 0.6) is 0 Å². The minimum absolute atomic E-state index is 0.0592. The monoisotopic (exact) mass is 395 g/mol. The molecule has 2 fully saturated rings. The summed E-state index contributed by atoms with van der Waals surface area (Å²) in [5.41, 5.74) is 0.725. The predicted molar refractivity (Wildman–Crippen MR) is 98.7 cm³/mol. The molecule has 2 atom stereocenters. The van der Waals surface area contributed by atoms with E-state index in [1.54, 1.807) is 23.1 Å². The van der Waals surface area contributed by atoms with E-state index >= 15 is 0 Å². The molecule has 1 aromatic heterocycles. The summed E-state index contributed by atoms with van der Waals surface area (Å²) in [5, 5.41) is 8.33. The van der Waals surface area contributed by atoms with Crippen LogP contribution in [0.1, 0.15) is 30.1 Å². The first kappa shape index (κ1) is 17.7. The summed E-state index contributed by atoms with van der Waals surface area (Å²) >= 11 is 12.0. The number of nitrogens with one attached hydrogen (secondary N) is 1. The van der Waals surface area contributed by atoms with E-state index < -0.39 is 5.92 Å². The van der Waals surface area contributed by atoms with E-state index in [2.05, 4.69) is 20.4 Å². The number of likely N-dealkylation sites (N-methyl/N-ethyl adjacent to an activating group) is 1. The molecule has 3 heterocycles. The number of benzene rings is 1. The van der Waals surface area contributed by atoms with Crippen molar-refractivity contribution in [2.24, 2.45) is 0 Å². The van der Waals surface area contributed by atoms with Gasteiger partial charge < -0.3 is 14.7 Å². The van der Waals surface area contributed by atoms with Crippen LogP contribution in [0.15, 0.2) is 22.7 Å². The smallest absolute Gasteiger partial charge is 0.239 e. The Morgan fingerprint density at radius 3 is 2.88 bits per heavy atom. The molecule has 0 radical (unpaired) electrons. The van der Waals surface area contributed by atoms with Crippen LogP contribution in [-0.4, -0.2) is 54.2 Å². The van der Waals surface area contributed by atoms with Gasteiger partial charge in [-0.1, -0.05) is 28.4 Å². The minimum atomic E-state index is -0.424. The summed E-state index contributed by atoms with van der Waals surface area (Å²) in [7, 11) is 2.04. The maximum absolute atomic E-state index is 12.9. The molecule has 1 N–H and O–H groups in total. The molecule has 2 aliphatic rings.